The predicted molar refractivity (Wildman–Crippen MR) is 86.0 cm³/mol. The molecule has 1 aliphatic rings. The summed E-state index contributed by atoms with van der Waals surface area (Å²) < 4.78 is 3.23. The predicted octanol–water partition coefficient (Wildman–Crippen LogP) is 2.40. The smallest absolute Gasteiger partial charge is 0.240 e. The number of nitrogens with one attached hydrogen (secondary N) is 2. The molecule has 0 aromatic heterocycles. The Morgan fingerprint density at radius 1 is 1.33 bits per heavy atom. The van der Waals surface area contributed by atoms with Gasteiger partial charge in [0.25, 0.3) is 0 Å². The van der Waals surface area contributed by atoms with Gasteiger partial charge in [0, 0.05) is 4.90 Å². The molecule has 116 valence electrons. The van der Waals surface area contributed by atoms with Crippen molar-refractivity contribution in [1.82, 2.24) is 10.0 Å². The molecule has 0 saturated heterocycles. The molecule has 4 nitrogen and oxygen atoms in total. The van der Waals surface area contributed by atoms with E-state index in [0.29, 0.717) is 0 Å². The van der Waals surface area contributed by atoms with Crippen molar-refractivity contribution in [1.29, 1.82) is 0 Å². The molecule has 0 spiro atoms. The maximum Gasteiger partial charge on any atom is 0.240 e. The van der Waals surface area contributed by atoms with E-state index in [-0.39, 0.29) is 11.9 Å². The van der Waals surface area contributed by atoms with Crippen molar-refractivity contribution < 1.29 is 9.90 Å². The van der Waals surface area contributed by atoms with E-state index >= 15 is 0 Å². The van der Waals surface area contributed by atoms with Crippen LogP contribution >= 0.6 is 11.9 Å². The van der Waals surface area contributed by atoms with Crippen LogP contribution in [0.15, 0.2) is 29.2 Å². The highest BCUT2D eigenvalue weighted by Gasteiger charge is 2.33. The van der Waals surface area contributed by atoms with Crippen LogP contribution in [-0.2, 0) is 4.79 Å². The number of aryl methyl sites for hydroxylation is 1. The van der Waals surface area contributed by atoms with E-state index < -0.39 is 11.6 Å². The van der Waals surface area contributed by atoms with E-state index in [1.54, 1.807) is 0 Å². The fraction of sp³-hybridized carbons (Fsp3) is 0.562. The highest BCUT2D eigenvalue weighted by Crippen LogP contribution is 2.23. The van der Waals surface area contributed by atoms with Gasteiger partial charge in [0.2, 0.25) is 5.91 Å². The van der Waals surface area contributed by atoms with E-state index in [0.717, 1.165) is 24.2 Å². The maximum atomic E-state index is 12.4. The summed E-state index contributed by atoms with van der Waals surface area (Å²) in [6, 6.07) is 7.95. The van der Waals surface area contributed by atoms with Crippen LogP contribution in [0.5, 0.6) is 0 Å². The summed E-state index contributed by atoms with van der Waals surface area (Å²) in [5.74, 6) is -0.0745. The maximum absolute atomic E-state index is 12.4. The molecule has 1 aromatic rings. The van der Waals surface area contributed by atoms with E-state index in [2.05, 4.69) is 10.0 Å². The first-order valence-electron chi connectivity index (χ1n) is 7.39. The van der Waals surface area contributed by atoms with Crippen molar-refractivity contribution in [2.75, 3.05) is 0 Å². The second-order valence-electron chi connectivity index (χ2n) is 6.17. The zero-order chi connectivity index (χ0) is 15.5. The number of aliphatic hydroxyl groups is 1. The number of aliphatic hydroxyl groups excluding tert-OH is 1. The molecule has 1 saturated carbocycles. The lowest BCUT2D eigenvalue weighted by Crippen LogP contribution is -2.54. The molecule has 1 fully saturated rings. The molecule has 1 aliphatic carbocycles. The standard InChI is InChI=1S/C16H24N2O2S/c1-11-7-4-5-10-14(11)21-18-16(2,3)15(20)17-12-8-6-9-13(12)19/h4-5,7,10,12-13,18-19H,6,8-9H2,1-3H3,(H,17,20). The van der Waals surface area contributed by atoms with Crippen LogP contribution in [0.25, 0.3) is 0 Å². The molecule has 0 heterocycles. The third-order valence-electron chi connectivity index (χ3n) is 3.87. The summed E-state index contributed by atoms with van der Waals surface area (Å²) >= 11 is 1.47. The zero-order valence-electron chi connectivity index (χ0n) is 12.8. The summed E-state index contributed by atoms with van der Waals surface area (Å²) in [4.78, 5) is 13.5. The molecule has 2 atom stereocenters. The molecule has 0 bridgehead atoms. The molecule has 5 heteroatoms. The van der Waals surface area contributed by atoms with Crippen molar-refractivity contribution in [3.05, 3.63) is 29.8 Å². The monoisotopic (exact) mass is 308 g/mol. The van der Waals surface area contributed by atoms with Gasteiger partial charge in [0.15, 0.2) is 0 Å². The van der Waals surface area contributed by atoms with E-state index in [9.17, 15) is 9.90 Å². The summed E-state index contributed by atoms with van der Waals surface area (Å²) in [7, 11) is 0. The molecule has 0 radical (unpaired) electrons. The number of hydrogen-bond acceptors (Lipinski definition) is 4. The summed E-state index contributed by atoms with van der Waals surface area (Å²) in [5.41, 5.74) is 0.479. The second-order valence-corrected chi connectivity index (χ2v) is 7.02. The fourth-order valence-electron chi connectivity index (χ4n) is 2.36. The van der Waals surface area contributed by atoms with E-state index in [1.807, 2.05) is 45.0 Å². The van der Waals surface area contributed by atoms with Crippen molar-refractivity contribution in [2.45, 2.75) is 62.6 Å². The van der Waals surface area contributed by atoms with Crippen LogP contribution in [0.4, 0.5) is 0 Å². The van der Waals surface area contributed by atoms with Gasteiger partial charge in [-0.1, -0.05) is 18.2 Å². The summed E-state index contributed by atoms with van der Waals surface area (Å²) in [5, 5.41) is 12.8. The van der Waals surface area contributed by atoms with Gasteiger partial charge >= 0.3 is 0 Å². The SMILES string of the molecule is Cc1ccccc1SNC(C)(C)C(=O)NC1CCCC1O. The Bertz CT molecular complexity index is 505. The third kappa shape index (κ3) is 4.22. The van der Waals surface area contributed by atoms with Crippen molar-refractivity contribution >= 4 is 17.9 Å². The first-order chi connectivity index (χ1) is 9.90. The molecular formula is C16H24N2O2S. The van der Waals surface area contributed by atoms with Crippen LogP contribution < -0.4 is 10.0 Å². The van der Waals surface area contributed by atoms with Crippen molar-refractivity contribution in [3.8, 4) is 0 Å². The minimum absolute atomic E-state index is 0.0745. The quantitative estimate of drug-likeness (QED) is 0.731. The third-order valence-corrected chi connectivity index (χ3v) is 5.16. The van der Waals surface area contributed by atoms with Gasteiger partial charge in [-0.05, 0) is 63.6 Å². The Morgan fingerprint density at radius 3 is 2.67 bits per heavy atom. The molecule has 1 amide bonds. The highest BCUT2D eigenvalue weighted by molar-refractivity contribution is 7.97. The summed E-state index contributed by atoms with van der Waals surface area (Å²) in [6.07, 6.45) is 2.19. The molecule has 0 aliphatic heterocycles. The number of hydrogen-bond donors (Lipinski definition) is 3. The Balaban J connectivity index is 1.91. The minimum atomic E-state index is -0.699. The number of carbonyl (C=O) groups is 1. The molecule has 21 heavy (non-hydrogen) atoms. The van der Waals surface area contributed by atoms with Gasteiger partial charge in [-0.15, -0.1) is 0 Å². The minimum Gasteiger partial charge on any atom is -0.391 e. The van der Waals surface area contributed by atoms with Crippen LogP contribution in [0.1, 0.15) is 38.7 Å². The van der Waals surface area contributed by atoms with Gasteiger partial charge in [-0.25, -0.2) is 4.72 Å². The molecule has 1 aromatic carbocycles. The Morgan fingerprint density at radius 2 is 2.05 bits per heavy atom. The van der Waals surface area contributed by atoms with Crippen LogP contribution in [-0.4, -0.2) is 28.7 Å². The number of amides is 1. The average molecular weight is 308 g/mol. The van der Waals surface area contributed by atoms with Crippen LogP contribution in [0.2, 0.25) is 0 Å². The Hall–Kier alpha value is -1.04. The number of rotatable bonds is 5. The zero-order valence-corrected chi connectivity index (χ0v) is 13.7. The van der Waals surface area contributed by atoms with Gasteiger partial charge in [-0.2, -0.15) is 0 Å². The van der Waals surface area contributed by atoms with Crippen molar-refractivity contribution in [3.63, 3.8) is 0 Å². The van der Waals surface area contributed by atoms with Gasteiger partial charge in [0.05, 0.1) is 12.1 Å². The first-order valence-corrected chi connectivity index (χ1v) is 8.20. The Kier molecular flexibility index (Phi) is 5.30. The molecule has 2 rings (SSSR count). The lowest BCUT2D eigenvalue weighted by atomic mass is 10.1. The number of carbonyl (C=O) groups excluding carboxylic acids is 1. The summed E-state index contributed by atoms with van der Waals surface area (Å²) in [6.45, 7) is 5.76. The topological polar surface area (TPSA) is 61.4 Å². The molecule has 3 N–H and O–H groups in total. The van der Waals surface area contributed by atoms with E-state index in [1.165, 1.54) is 17.5 Å². The average Bonchev–Trinajstić information content (AvgIpc) is 2.83. The van der Waals surface area contributed by atoms with Crippen LogP contribution in [0.3, 0.4) is 0 Å². The lowest BCUT2D eigenvalue weighted by Gasteiger charge is -2.27. The molecule has 2 unspecified atom stereocenters. The lowest BCUT2D eigenvalue weighted by molar-refractivity contribution is -0.127. The normalized spacial score (nSPS) is 22.3. The molecular weight excluding hydrogens is 284 g/mol. The largest absolute Gasteiger partial charge is 0.391 e. The first kappa shape index (κ1) is 16.3. The Labute approximate surface area is 130 Å². The van der Waals surface area contributed by atoms with Crippen molar-refractivity contribution in [2.24, 2.45) is 0 Å². The fourth-order valence-corrected chi connectivity index (χ4v) is 3.19. The van der Waals surface area contributed by atoms with Gasteiger partial charge in [0.1, 0.15) is 5.54 Å². The van der Waals surface area contributed by atoms with Gasteiger partial charge in [-0.3, -0.25) is 4.79 Å². The number of benzene rings is 1. The van der Waals surface area contributed by atoms with E-state index in [4.69, 9.17) is 0 Å². The van der Waals surface area contributed by atoms with Crippen LogP contribution in [0, 0.1) is 6.92 Å². The highest BCUT2D eigenvalue weighted by atomic mass is 32.2. The second kappa shape index (κ2) is 6.81. The van der Waals surface area contributed by atoms with Gasteiger partial charge < -0.3 is 10.4 Å².